The second kappa shape index (κ2) is 7.05. The fourth-order valence-electron chi connectivity index (χ4n) is 2.12. The van der Waals surface area contributed by atoms with Gasteiger partial charge in [0.25, 0.3) is 0 Å². The van der Waals surface area contributed by atoms with Gasteiger partial charge in [0.05, 0.1) is 24.1 Å². The second-order valence-corrected chi connectivity index (χ2v) is 6.53. The van der Waals surface area contributed by atoms with Crippen LogP contribution in [0.4, 0.5) is 0 Å². The fraction of sp³-hybridized carbons (Fsp3) is 0.471. The first-order valence-corrected chi connectivity index (χ1v) is 7.55. The van der Waals surface area contributed by atoms with Crippen LogP contribution >= 0.6 is 0 Å². The van der Waals surface area contributed by atoms with Gasteiger partial charge >= 0.3 is 0 Å². The van der Waals surface area contributed by atoms with Crippen LogP contribution in [0, 0.1) is 0 Å². The number of hydrogen-bond acceptors (Lipinski definition) is 4. The molecule has 0 aliphatic rings. The minimum absolute atomic E-state index is 0.0326. The Morgan fingerprint density at radius 2 is 2.05 bits per heavy atom. The molecule has 0 saturated carbocycles. The standard InChI is InChI=1S/C17H25N3O2/c1-17(2,3)16-7-8-20(19-16)14-6-4-5-13(9-14)10-18-11-15(22)12-21/h4-9,15,18,21-22H,10-12H2,1-3H3. The largest absolute Gasteiger partial charge is 0.394 e. The summed E-state index contributed by atoms with van der Waals surface area (Å²) in [5, 5.41) is 25.9. The molecule has 1 aromatic carbocycles. The molecule has 1 unspecified atom stereocenters. The van der Waals surface area contributed by atoms with E-state index in [0.29, 0.717) is 13.1 Å². The van der Waals surface area contributed by atoms with Crippen molar-refractivity contribution in [3.63, 3.8) is 0 Å². The molecule has 3 N–H and O–H groups in total. The topological polar surface area (TPSA) is 70.3 Å². The van der Waals surface area contributed by atoms with Gasteiger partial charge in [0.15, 0.2) is 0 Å². The Labute approximate surface area is 131 Å². The molecule has 2 aromatic rings. The Hall–Kier alpha value is -1.69. The fourth-order valence-corrected chi connectivity index (χ4v) is 2.12. The van der Waals surface area contributed by atoms with E-state index in [0.717, 1.165) is 16.9 Å². The summed E-state index contributed by atoms with van der Waals surface area (Å²) in [6.07, 6.45) is 1.26. The Bertz CT molecular complexity index is 602. The van der Waals surface area contributed by atoms with Gasteiger partial charge < -0.3 is 15.5 Å². The van der Waals surface area contributed by atoms with Crippen molar-refractivity contribution >= 4 is 0 Å². The third-order valence-electron chi connectivity index (χ3n) is 3.45. The van der Waals surface area contributed by atoms with Crippen molar-refractivity contribution in [2.45, 2.75) is 38.8 Å². The molecule has 1 aromatic heterocycles. The normalized spacial score (nSPS) is 13.3. The molecule has 0 bridgehead atoms. The van der Waals surface area contributed by atoms with E-state index in [-0.39, 0.29) is 12.0 Å². The van der Waals surface area contributed by atoms with Crippen LogP contribution in [0.3, 0.4) is 0 Å². The quantitative estimate of drug-likeness (QED) is 0.758. The molecule has 5 nitrogen and oxygen atoms in total. The van der Waals surface area contributed by atoms with Gasteiger partial charge in [0.1, 0.15) is 0 Å². The highest BCUT2D eigenvalue weighted by Crippen LogP contribution is 2.21. The van der Waals surface area contributed by atoms with Crippen LogP contribution in [0.1, 0.15) is 32.0 Å². The predicted octanol–water partition coefficient (Wildman–Crippen LogP) is 1.61. The lowest BCUT2D eigenvalue weighted by atomic mass is 9.93. The van der Waals surface area contributed by atoms with Crippen molar-refractivity contribution in [1.82, 2.24) is 15.1 Å². The number of aromatic nitrogens is 2. The molecule has 0 aliphatic heterocycles. The first-order valence-electron chi connectivity index (χ1n) is 7.55. The summed E-state index contributed by atoms with van der Waals surface area (Å²) in [6, 6.07) is 10.1. The van der Waals surface area contributed by atoms with E-state index in [4.69, 9.17) is 5.11 Å². The van der Waals surface area contributed by atoms with Gasteiger partial charge in [-0.25, -0.2) is 4.68 Å². The molecule has 22 heavy (non-hydrogen) atoms. The summed E-state index contributed by atoms with van der Waals surface area (Å²) in [5.41, 5.74) is 3.21. The van der Waals surface area contributed by atoms with Crippen LogP contribution in [-0.4, -0.2) is 39.2 Å². The first-order chi connectivity index (χ1) is 10.4. The highest BCUT2D eigenvalue weighted by Gasteiger charge is 2.17. The molecule has 1 heterocycles. The third-order valence-corrected chi connectivity index (χ3v) is 3.45. The minimum Gasteiger partial charge on any atom is -0.394 e. The maximum absolute atomic E-state index is 9.32. The van der Waals surface area contributed by atoms with E-state index in [1.54, 1.807) is 0 Å². The second-order valence-electron chi connectivity index (χ2n) is 6.53. The molecule has 120 valence electrons. The highest BCUT2D eigenvalue weighted by molar-refractivity contribution is 5.35. The Morgan fingerprint density at radius 1 is 1.27 bits per heavy atom. The van der Waals surface area contributed by atoms with Gasteiger partial charge in [-0.2, -0.15) is 5.10 Å². The van der Waals surface area contributed by atoms with Crippen molar-refractivity contribution in [3.05, 3.63) is 47.8 Å². The number of rotatable bonds is 6. The van der Waals surface area contributed by atoms with Gasteiger partial charge in [-0.3, -0.25) is 0 Å². The molecule has 5 heteroatoms. The lowest BCUT2D eigenvalue weighted by molar-refractivity contribution is 0.0942. The summed E-state index contributed by atoms with van der Waals surface area (Å²) >= 11 is 0. The third kappa shape index (κ3) is 4.40. The number of hydrogen-bond donors (Lipinski definition) is 3. The summed E-state index contributed by atoms with van der Waals surface area (Å²) in [7, 11) is 0. The lowest BCUT2D eigenvalue weighted by Crippen LogP contribution is -2.28. The zero-order valence-electron chi connectivity index (χ0n) is 13.5. The summed E-state index contributed by atoms with van der Waals surface area (Å²) in [4.78, 5) is 0. The molecule has 1 atom stereocenters. The van der Waals surface area contributed by atoms with E-state index in [2.05, 4.69) is 37.3 Å². The van der Waals surface area contributed by atoms with Crippen molar-refractivity contribution in [1.29, 1.82) is 0 Å². The Balaban J connectivity index is 2.06. The number of aliphatic hydroxyl groups excluding tert-OH is 2. The van der Waals surface area contributed by atoms with Crippen molar-refractivity contribution in [3.8, 4) is 5.69 Å². The smallest absolute Gasteiger partial charge is 0.0895 e. The van der Waals surface area contributed by atoms with Gasteiger partial charge in [-0.1, -0.05) is 32.9 Å². The number of nitrogens with zero attached hydrogens (tertiary/aromatic N) is 2. The summed E-state index contributed by atoms with van der Waals surface area (Å²) < 4.78 is 1.88. The Morgan fingerprint density at radius 3 is 2.68 bits per heavy atom. The molecule has 0 radical (unpaired) electrons. The molecule has 0 fully saturated rings. The van der Waals surface area contributed by atoms with Crippen LogP contribution in [0.5, 0.6) is 0 Å². The van der Waals surface area contributed by atoms with Crippen LogP contribution in [0.2, 0.25) is 0 Å². The van der Waals surface area contributed by atoms with Crippen molar-refractivity contribution < 1.29 is 10.2 Å². The minimum atomic E-state index is -0.719. The molecular weight excluding hydrogens is 278 g/mol. The van der Waals surface area contributed by atoms with Gasteiger partial charge in [0.2, 0.25) is 0 Å². The van der Waals surface area contributed by atoms with Crippen LogP contribution in [0.15, 0.2) is 36.5 Å². The van der Waals surface area contributed by atoms with E-state index in [1.165, 1.54) is 0 Å². The van der Waals surface area contributed by atoms with Crippen LogP contribution in [-0.2, 0) is 12.0 Å². The van der Waals surface area contributed by atoms with Gasteiger partial charge in [-0.05, 0) is 23.8 Å². The van der Waals surface area contributed by atoms with E-state index in [1.807, 2.05) is 35.1 Å². The SMILES string of the molecule is CC(C)(C)c1ccn(-c2cccc(CNCC(O)CO)c2)n1. The molecular formula is C17H25N3O2. The molecule has 0 saturated heterocycles. The summed E-state index contributed by atoms with van der Waals surface area (Å²) in [5.74, 6) is 0. The van der Waals surface area contributed by atoms with Crippen molar-refractivity contribution in [2.24, 2.45) is 0 Å². The molecule has 0 aliphatic carbocycles. The average Bonchev–Trinajstić information content (AvgIpc) is 2.97. The summed E-state index contributed by atoms with van der Waals surface area (Å²) in [6.45, 7) is 7.22. The number of aliphatic hydroxyl groups is 2. The average molecular weight is 303 g/mol. The van der Waals surface area contributed by atoms with E-state index >= 15 is 0 Å². The molecule has 2 rings (SSSR count). The predicted molar refractivity (Wildman–Crippen MR) is 87.1 cm³/mol. The van der Waals surface area contributed by atoms with Gasteiger partial charge in [0, 0.05) is 24.7 Å². The molecule has 0 spiro atoms. The lowest BCUT2D eigenvalue weighted by Gasteiger charge is -2.14. The first kappa shape index (κ1) is 16.7. The number of benzene rings is 1. The van der Waals surface area contributed by atoms with E-state index < -0.39 is 6.10 Å². The van der Waals surface area contributed by atoms with Crippen LogP contribution in [0.25, 0.3) is 5.69 Å². The zero-order valence-corrected chi connectivity index (χ0v) is 13.5. The van der Waals surface area contributed by atoms with Crippen LogP contribution < -0.4 is 5.32 Å². The van der Waals surface area contributed by atoms with E-state index in [9.17, 15) is 5.11 Å². The Kier molecular flexibility index (Phi) is 5.34. The maximum atomic E-state index is 9.32. The number of nitrogens with one attached hydrogen (secondary N) is 1. The zero-order chi connectivity index (χ0) is 16.2. The highest BCUT2D eigenvalue weighted by atomic mass is 16.3. The maximum Gasteiger partial charge on any atom is 0.0895 e. The van der Waals surface area contributed by atoms with Gasteiger partial charge in [-0.15, -0.1) is 0 Å². The monoisotopic (exact) mass is 303 g/mol. The molecule has 0 amide bonds. The van der Waals surface area contributed by atoms with Crippen molar-refractivity contribution in [2.75, 3.05) is 13.2 Å².